The quantitative estimate of drug-likeness (QED) is 0.689. The van der Waals surface area contributed by atoms with Gasteiger partial charge in [0.05, 0.1) is 11.0 Å². The Kier molecular flexibility index (Phi) is 3.10. The molecule has 5 heteroatoms. The molecule has 0 amide bonds. The molecule has 3 N–H and O–H groups in total. The average molecular weight is 233 g/mol. The van der Waals surface area contributed by atoms with E-state index in [1.54, 1.807) is 6.07 Å². The second-order valence-electron chi connectivity index (χ2n) is 3.99. The Hall–Kier alpha value is -1.88. The van der Waals surface area contributed by atoms with Crippen LogP contribution in [0.5, 0.6) is 0 Å². The fourth-order valence-electron chi connectivity index (χ4n) is 1.83. The predicted molar refractivity (Wildman–Crippen MR) is 67.3 cm³/mol. The molecular weight excluding hydrogens is 218 g/mol. The van der Waals surface area contributed by atoms with Crippen molar-refractivity contribution in [2.75, 3.05) is 6.54 Å². The van der Waals surface area contributed by atoms with Crippen molar-refractivity contribution in [2.45, 2.75) is 19.9 Å². The number of aromatic amines is 2. The van der Waals surface area contributed by atoms with E-state index in [9.17, 15) is 9.59 Å². The molecule has 0 saturated heterocycles. The summed E-state index contributed by atoms with van der Waals surface area (Å²) in [6, 6.07) is 5.82. The third-order valence-electron chi connectivity index (χ3n) is 2.76. The van der Waals surface area contributed by atoms with Crippen molar-refractivity contribution >= 4 is 11.0 Å². The van der Waals surface area contributed by atoms with Crippen LogP contribution in [0.2, 0.25) is 0 Å². The zero-order valence-corrected chi connectivity index (χ0v) is 9.83. The van der Waals surface area contributed by atoms with Crippen LogP contribution in [0.25, 0.3) is 11.0 Å². The number of hydrogen-bond donors (Lipinski definition) is 3. The molecule has 0 radical (unpaired) electrons. The lowest BCUT2D eigenvalue weighted by molar-refractivity contribution is 0.598. The molecule has 5 nitrogen and oxygen atoms in total. The van der Waals surface area contributed by atoms with Crippen molar-refractivity contribution in [3.8, 4) is 0 Å². The molecule has 1 aromatic heterocycles. The highest BCUT2D eigenvalue weighted by atomic mass is 16.2. The van der Waals surface area contributed by atoms with Gasteiger partial charge in [0.15, 0.2) is 0 Å². The lowest BCUT2D eigenvalue weighted by Gasteiger charge is -2.12. The van der Waals surface area contributed by atoms with Gasteiger partial charge in [-0.1, -0.05) is 13.0 Å². The maximum atomic E-state index is 11.2. The van der Waals surface area contributed by atoms with Crippen LogP contribution in [0.4, 0.5) is 0 Å². The Morgan fingerprint density at radius 1 is 1.18 bits per heavy atom. The lowest BCUT2D eigenvalue weighted by Crippen LogP contribution is -2.29. The Bertz CT molecular complexity index is 642. The van der Waals surface area contributed by atoms with E-state index in [2.05, 4.69) is 22.2 Å². The van der Waals surface area contributed by atoms with Crippen LogP contribution >= 0.6 is 0 Å². The van der Waals surface area contributed by atoms with Crippen LogP contribution in [-0.4, -0.2) is 16.5 Å². The van der Waals surface area contributed by atoms with Gasteiger partial charge in [0.2, 0.25) is 0 Å². The molecule has 0 bridgehead atoms. The largest absolute Gasteiger partial charge is 0.316 e. The van der Waals surface area contributed by atoms with Crippen molar-refractivity contribution in [3.63, 3.8) is 0 Å². The number of fused-ring (bicyclic) bond motifs is 1. The number of aromatic nitrogens is 2. The number of H-pyrrole nitrogens is 2. The highest BCUT2D eigenvalue weighted by Crippen LogP contribution is 2.16. The predicted octanol–water partition coefficient (Wildman–Crippen LogP) is 0.887. The number of benzene rings is 1. The average Bonchev–Trinajstić information content (AvgIpc) is 2.30. The maximum absolute atomic E-state index is 11.2. The van der Waals surface area contributed by atoms with E-state index >= 15 is 0 Å². The van der Waals surface area contributed by atoms with Crippen molar-refractivity contribution < 1.29 is 0 Å². The van der Waals surface area contributed by atoms with Crippen LogP contribution in [0.3, 0.4) is 0 Å². The number of rotatable bonds is 3. The first-order valence-electron chi connectivity index (χ1n) is 5.61. The summed E-state index contributed by atoms with van der Waals surface area (Å²) in [5.41, 5.74) is 1.12. The summed E-state index contributed by atoms with van der Waals surface area (Å²) in [4.78, 5) is 27.5. The molecule has 0 spiro atoms. The topological polar surface area (TPSA) is 77.8 Å². The minimum Gasteiger partial charge on any atom is -0.316 e. The van der Waals surface area contributed by atoms with Gasteiger partial charge in [0.25, 0.3) is 0 Å². The van der Waals surface area contributed by atoms with Gasteiger partial charge < -0.3 is 15.3 Å². The van der Waals surface area contributed by atoms with E-state index in [1.165, 1.54) is 0 Å². The zero-order chi connectivity index (χ0) is 12.4. The monoisotopic (exact) mass is 233 g/mol. The van der Waals surface area contributed by atoms with Crippen molar-refractivity contribution in [1.29, 1.82) is 0 Å². The molecule has 17 heavy (non-hydrogen) atoms. The smallest absolute Gasteiger partial charge is 0.314 e. The minimum absolute atomic E-state index is 0.208. The molecule has 1 atom stereocenters. The summed E-state index contributed by atoms with van der Waals surface area (Å²) in [6.45, 7) is 4.96. The van der Waals surface area contributed by atoms with E-state index in [0.717, 1.165) is 12.1 Å². The molecule has 0 aliphatic rings. The van der Waals surface area contributed by atoms with E-state index in [1.807, 2.05) is 19.1 Å². The Labute approximate surface area is 97.9 Å². The first-order chi connectivity index (χ1) is 8.11. The number of hydrogen-bond acceptors (Lipinski definition) is 3. The van der Waals surface area contributed by atoms with E-state index in [-0.39, 0.29) is 6.04 Å². The summed E-state index contributed by atoms with van der Waals surface area (Å²) in [5.74, 6) is 0. The lowest BCUT2D eigenvalue weighted by atomic mass is 10.1. The van der Waals surface area contributed by atoms with Gasteiger partial charge in [0, 0.05) is 6.04 Å². The van der Waals surface area contributed by atoms with Crippen LogP contribution in [0.1, 0.15) is 25.5 Å². The van der Waals surface area contributed by atoms with Crippen LogP contribution in [0, 0.1) is 0 Å². The molecule has 0 aliphatic carbocycles. The second-order valence-corrected chi connectivity index (χ2v) is 3.99. The van der Waals surface area contributed by atoms with Gasteiger partial charge in [-0.05, 0) is 31.2 Å². The Morgan fingerprint density at radius 2 is 1.82 bits per heavy atom. The van der Waals surface area contributed by atoms with Gasteiger partial charge in [-0.15, -0.1) is 0 Å². The van der Waals surface area contributed by atoms with Gasteiger partial charge in [-0.2, -0.15) is 0 Å². The molecular formula is C12H15N3O2. The third-order valence-corrected chi connectivity index (χ3v) is 2.76. The fraction of sp³-hybridized carbons (Fsp3) is 0.333. The second kappa shape index (κ2) is 4.55. The molecule has 1 heterocycles. The van der Waals surface area contributed by atoms with Crippen molar-refractivity contribution in [3.05, 3.63) is 44.5 Å². The van der Waals surface area contributed by atoms with Crippen LogP contribution in [-0.2, 0) is 0 Å². The normalized spacial score (nSPS) is 12.8. The highest BCUT2D eigenvalue weighted by Gasteiger charge is 2.05. The fourth-order valence-corrected chi connectivity index (χ4v) is 1.83. The molecule has 0 aliphatic heterocycles. The molecule has 2 rings (SSSR count). The van der Waals surface area contributed by atoms with Crippen LogP contribution < -0.4 is 16.4 Å². The van der Waals surface area contributed by atoms with Gasteiger partial charge >= 0.3 is 11.1 Å². The molecule has 0 saturated carbocycles. The third kappa shape index (κ3) is 2.29. The zero-order valence-electron chi connectivity index (χ0n) is 9.83. The van der Waals surface area contributed by atoms with Gasteiger partial charge in [-0.3, -0.25) is 9.59 Å². The Balaban J connectivity index is 2.54. The van der Waals surface area contributed by atoms with Crippen molar-refractivity contribution in [1.82, 2.24) is 15.3 Å². The standard InChI is InChI=1S/C12H15N3O2/c1-3-13-7(2)8-4-5-9-10(6-8)15-12(17)11(16)14-9/h4-7,13H,3H2,1-2H3,(H,14,16)(H,15,17). The van der Waals surface area contributed by atoms with Gasteiger partial charge in [0.1, 0.15) is 0 Å². The first kappa shape index (κ1) is 11.6. The highest BCUT2D eigenvalue weighted by molar-refractivity contribution is 5.74. The summed E-state index contributed by atoms with van der Waals surface area (Å²) in [7, 11) is 0. The van der Waals surface area contributed by atoms with E-state index in [4.69, 9.17) is 0 Å². The summed E-state index contributed by atoms with van der Waals surface area (Å²) in [6.07, 6.45) is 0. The first-order valence-corrected chi connectivity index (χ1v) is 5.61. The van der Waals surface area contributed by atoms with E-state index < -0.39 is 11.1 Å². The summed E-state index contributed by atoms with van der Waals surface area (Å²) >= 11 is 0. The maximum Gasteiger partial charge on any atom is 0.314 e. The summed E-state index contributed by atoms with van der Waals surface area (Å²) in [5, 5.41) is 3.29. The molecule has 0 fully saturated rings. The minimum atomic E-state index is -0.620. The molecule has 2 aromatic rings. The molecule has 1 unspecified atom stereocenters. The molecule has 1 aromatic carbocycles. The Morgan fingerprint density at radius 3 is 2.47 bits per heavy atom. The van der Waals surface area contributed by atoms with Gasteiger partial charge in [-0.25, -0.2) is 0 Å². The van der Waals surface area contributed by atoms with Crippen molar-refractivity contribution in [2.24, 2.45) is 0 Å². The number of nitrogens with one attached hydrogen (secondary N) is 3. The van der Waals surface area contributed by atoms with Crippen LogP contribution in [0.15, 0.2) is 27.8 Å². The summed E-state index contributed by atoms with van der Waals surface area (Å²) < 4.78 is 0. The molecule has 90 valence electrons. The SMILES string of the molecule is CCNC(C)c1ccc2[nH]c(=O)c(=O)[nH]c2c1. The van der Waals surface area contributed by atoms with E-state index in [0.29, 0.717) is 11.0 Å².